The molecule has 0 amide bonds. The Morgan fingerprint density at radius 3 is 1.46 bits per heavy atom. The summed E-state index contributed by atoms with van der Waals surface area (Å²) >= 11 is 0. The zero-order valence-corrected chi connectivity index (χ0v) is 33.5. The summed E-state index contributed by atoms with van der Waals surface area (Å²) in [6, 6.07) is 87.0. The van der Waals surface area contributed by atoms with Gasteiger partial charge >= 0.3 is 0 Å². The molecule has 0 aliphatic rings. The van der Waals surface area contributed by atoms with Gasteiger partial charge in [0, 0.05) is 16.5 Å². The Morgan fingerprint density at radius 2 is 0.754 bits per heavy atom. The van der Waals surface area contributed by atoms with Crippen molar-refractivity contribution in [3.8, 4) is 33.4 Å². The summed E-state index contributed by atoms with van der Waals surface area (Å²) in [5.74, 6) is 0. The summed E-state index contributed by atoms with van der Waals surface area (Å²) in [5, 5.41) is 14.8. The highest BCUT2D eigenvalue weighted by Crippen LogP contribution is 2.51. The molecule has 1 heteroatoms. The van der Waals surface area contributed by atoms with Crippen molar-refractivity contribution in [1.29, 1.82) is 0 Å². The molecule has 284 valence electrons. The first-order valence-electron chi connectivity index (χ1n) is 21.1. The molecule has 0 saturated heterocycles. The number of benzene rings is 12. The molecule has 0 fully saturated rings. The van der Waals surface area contributed by atoms with E-state index in [4.69, 9.17) is 0 Å². The molecule has 12 aromatic carbocycles. The number of nitrogens with zero attached hydrogens (tertiary/aromatic N) is 1. The average molecular weight is 774 g/mol. The summed E-state index contributed by atoms with van der Waals surface area (Å²) in [6.07, 6.45) is 0. The van der Waals surface area contributed by atoms with E-state index >= 15 is 0 Å². The average Bonchev–Trinajstić information content (AvgIpc) is 3.34. The van der Waals surface area contributed by atoms with Crippen LogP contribution in [0.5, 0.6) is 0 Å². The summed E-state index contributed by atoms with van der Waals surface area (Å²) in [5.41, 5.74) is 10.7. The van der Waals surface area contributed by atoms with Crippen molar-refractivity contribution >= 4 is 81.7 Å². The van der Waals surface area contributed by atoms with Gasteiger partial charge in [0.15, 0.2) is 0 Å². The Labute approximate surface area is 355 Å². The molecule has 61 heavy (non-hydrogen) atoms. The van der Waals surface area contributed by atoms with E-state index in [1.54, 1.807) is 0 Å². The van der Waals surface area contributed by atoms with Gasteiger partial charge in [-0.25, -0.2) is 0 Å². The van der Waals surface area contributed by atoms with E-state index in [0.717, 1.165) is 17.1 Å². The van der Waals surface area contributed by atoms with Crippen LogP contribution in [0, 0.1) is 0 Å². The minimum absolute atomic E-state index is 1.11. The second kappa shape index (κ2) is 14.4. The van der Waals surface area contributed by atoms with E-state index < -0.39 is 0 Å². The van der Waals surface area contributed by atoms with Crippen molar-refractivity contribution in [3.05, 3.63) is 237 Å². The predicted molar refractivity (Wildman–Crippen MR) is 262 cm³/mol. The Bertz CT molecular complexity index is 3620. The predicted octanol–water partition coefficient (Wildman–Crippen LogP) is 17.1. The Hall–Kier alpha value is -8.00. The highest BCUT2D eigenvalue weighted by molar-refractivity contribution is 6.33. The molecule has 0 bridgehead atoms. The van der Waals surface area contributed by atoms with Crippen LogP contribution in [0.25, 0.3) is 98.0 Å². The lowest BCUT2D eigenvalue weighted by Gasteiger charge is -2.29. The van der Waals surface area contributed by atoms with Gasteiger partial charge in [-0.05, 0) is 118 Å². The van der Waals surface area contributed by atoms with Crippen molar-refractivity contribution < 1.29 is 0 Å². The first-order chi connectivity index (χ1) is 30.3. The second-order valence-electron chi connectivity index (χ2n) is 16.0. The van der Waals surface area contributed by atoms with E-state index in [9.17, 15) is 0 Å². The first-order valence-corrected chi connectivity index (χ1v) is 21.1. The maximum absolute atomic E-state index is 2.50. The lowest BCUT2D eigenvalue weighted by Crippen LogP contribution is -2.11. The van der Waals surface area contributed by atoms with Crippen molar-refractivity contribution in [2.45, 2.75) is 0 Å². The van der Waals surface area contributed by atoms with Crippen LogP contribution in [0.15, 0.2) is 237 Å². The fraction of sp³-hybridized carbons (Fsp3) is 0. The minimum Gasteiger partial charge on any atom is -0.309 e. The quantitative estimate of drug-likeness (QED) is 0.152. The molecule has 12 rings (SSSR count). The molecule has 0 saturated carbocycles. The van der Waals surface area contributed by atoms with E-state index in [1.807, 2.05) is 0 Å². The molecular formula is C60H39N. The fourth-order valence-corrected chi connectivity index (χ4v) is 9.91. The van der Waals surface area contributed by atoms with Gasteiger partial charge in [-0.1, -0.05) is 206 Å². The second-order valence-corrected chi connectivity index (χ2v) is 16.0. The molecular weight excluding hydrogens is 735 g/mol. The normalized spacial score (nSPS) is 11.6. The van der Waals surface area contributed by atoms with Crippen LogP contribution >= 0.6 is 0 Å². The molecule has 12 aromatic rings. The van der Waals surface area contributed by atoms with Gasteiger partial charge in [-0.2, -0.15) is 0 Å². The zero-order valence-electron chi connectivity index (χ0n) is 33.5. The Kier molecular flexibility index (Phi) is 8.25. The van der Waals surface area contributed by atoms with Crippen LogP contribution in [0.4, 0.5) is 17.1 Å². The lowest BCUT2D eigenvalue weighted by molar-refractivity contribution is 1.32. The summed E-state index contributed by atoms with van der Waals surface area (Å²) in [4.78, 5) is 2.50. The molecule has 0 aliphatic carbocycles. The van der Waals surface area contributed by atoms with Crippen LogP contribution in [0.2, 0.25) is 0 Å². The van der Waals surface area contributed by atoms with Gasteiger partial charge in [0.1, 0.15) is 0 Å². The summed E-state index contributed by atoms with van der Waals surface area (Å²) in [6.45, 7) is 0. The number of rotatable bonds is 6. The molecule has 0 unspecified atom stereocenters. The molecule has 0 atom stereocenters. The Morgan fingerprint density at radius 1 is 0.246 bits per heavy atom. The molecule has 0 radical (unpaired) electrons. The minimum atomic E-state index is 1.11. The van der Waals surface area contributed by atoms with Gasteiger partial charge in [0.2, 0.25) is 0 Å². The number of anilines is 3. The van der Waals surface area contributed by atoms with Gasteiger partial charge in [0.05, 0.1) is 11.4 Å². The standard InChI is InChI=1S/C60H39N/c1-4-19-41(20-5-1)53-39-54(42-21-6-2-7-22-42)59-51-33-17-15-31-49(51)55-38-45(35-36-52(55)60(59)58(53)43-24-8-3-9-25-43)61(56-34-18-27-40-23-10-13-29-47(40)56)57-37-44-26-11-12-28-46(44)48-30-14-16-32-50(48)57/h1-39H. The van der Waals surface area contributed by atoms with Crippen LogP contribution in [-0.4, -0.2) is 0 Å². The highest BCUT2D eigenvalue weighted by Gasteiger charge is 2.24. The van der Waals surface area contributed by atoms with Gasteiger partial charge in [-0.3, -0.25) is 0 Å². The molecule has 0 aromatic heterocycles. The van der Waals surface area contributed by atoms with E-state index in [0.29, 0.717) is 0 Å². The van der Waals surface area contributed by atoms with Crippen LogP contribution in [0.1, 0.15) is 0 Å². The fourth-order valence-electron chi connectivity index (χ4n) is 9.91. The molecule has 0 heterocycles. The topological polar surface area (TPSA) is 3.24 Å². The highest BCUT2D eigenvalue weighted by atomic mass is 15.1. The van der Waals surface area contributed by atoms with Crippen molar-refractivity contribution in [1.82, 2.24) is 0 Å². The Balaban J connectivity index is 1.25. The lowest BCUT2D eigenvalue weighted by atomic mass is 9.81. The largest absolute Gasteiger partial charge is 0.309 e. The van der Waals surface area contributed by atoms with Crippen LogP contribution in [-0.2, 0) is 0 Å². The van der Waals surface area contributed by atoms with E-state index in [-0.39, 0.29) is 0 Å². The monoisotopic (exact) mass is 773 g/mol. The molecule has 0 N–H and O–H groups in total. The van der Waals surface area contributed by atoms with Gasteiger partial charge in [0.25, 0.3) is 0 Å². The van der Waals surface area contributed by atoms with Crippen molar-refractivity contribution in [2.75, 3.05) is 4.90 Å². The smallest absolute Gasteiger partial charge is 0.0546 e. The number of hydrogen-bond donors (Lipinski definition) is 0. The van der Waals surface area contributed by atoms with E-state index in [2.05, 4.69) is 241 Å². The SMILES string of the molecule is c1ccc(-c2cc(-c3ccccc3)c3c4ccccc4c4cc(N(c5cccc6ccccc56)c5cc6ccccc6c6ccccc56)ccc4c3c2-c2ccccc2)cc1. The molecule has 0 aliphatic heterocycles. The first kappa shape index (κ1) is 35.0. The van der Waals surface area contributed by atoms with Gasteiger partial charge in [-0.15, -0.1) is 0 Å². The van der Waals surface area contributed by atoms with E-state index in [1.165, 1.54) is 98.0 Å². The zero-order chi connectivity index (χ0) is 40.3. The number of fused-ring (bicyclic) bond motifs is 10. The van der Waals surface area contributed by atoms with Crippen LogP contribution in [0.3, 0.4) is 0 Å². The maximum Gasteiger partial charge on any atom is 0.0546 e. The van der Waals surface area contributed by atoms with Crippen molar-refractivity contribution in [3.63, 3.8) is 0 Å². The van der Waals surface area contributed by atoms with Crippen LogP contribution < -0.4 is 4.90 Å². The number of hydrogen-bond acceptors (Lipinski definition) is 1. The third-order valence-electron chi connectivity index (χ3n) is 12.6. The molecule has 0 spiro atoms. The van der Waals surface area contributed by atoms with Crippen molar-refractivity contribution in [2.24, 2.45) is 0 Å². The third-order valence-corrected chi connectivity index (χ3v) is 12.6. The van der Waals surface area contributed by atoms with Gasteiger partial charge < -0.3 is 4.90 Å². The summed E-state index contributed by atoms with van der Waals surface area (Å²) < 4.78 is 0. The summed E-state index contributed by atoms with van der Waals surface area (Å²) in [7, 11) is 0. The third kappa shape index (κ3) is 5.70. The maximum atomic E-state index is 2.50. The molecule has 1 nitrogen and oxygen atoms in total.